The van der Waals surface area contributed by atoms with Crippen LogP contribution >= 0.6 is 11.6 Å². The molecule has 16 heteroatoms. The van der Waals surface area contributed by atoms with Crippen LogP contribution < -0.4 is 5.32 Å². The van der Waals surface area contributed by atoms with Crippen molar-refractivity contribution in [1.82, 2.24) is 9.88 Å². The topological polar surface area (TPSA) is 205 Å². The second kappa shape index (κ2) is 17.2. The van der Waals surface area contributed by atoms with Crippen LogP contribution in [0.3, 0.4) is 0 Å². The lowest BCUT2D eigenvalue weighted by Crippen LogP contribution is -2.86. The van der Waals surface area contributed by atoms with Gasteiger partial charge in [-0.3, -0.25) is 19.1 Å². The number of aliphatic hydroxyl groups is 3. The van der Waals surface area contributed by atoms with Crippen molar-refractivity contribution in [3.05, 3.63) is 48.1 Å². The number of anilines is 1. The van der Waals surface area contributed by atoms with Crippen LogP contribution in [0.1, 0.15) is 87.5 Å². The first-order valence-corrected chi connectivity index (χ1v) is 20.9. The van der Waals surface area contributed by atoms with E-state index < -0.39 is 74.0 Å². The summed E-state index contributed by atoms with van der Waals surface area (Å²) in [4.78, 5) is 31.9. The van der Waals surface area contributed by atoms with E-state index in [1.807, 2.05) is 45.0 Å². The third-order valence-corrected chi connectivity index (χ3v) is 13.0. The number of aromatic nitrogens is 1. The maximum absolute atomic E-state index is 13.6. The molecule has 0 spiro atoms. The van der Waals surface area contributed by atoms with Gasteiger partial charge in [0.1, 0.15) is 5.60 Å². The Morgan fingerprint density at radius 2 is 1.88 bits per heavy atom. The highest BCUT2D eigenvalue weighted by atomic mass is 35.5. The fourth-order valence-electron chi connectivity index (χ4n) is 9.56. The Kier molecular flexibility index (Phi) is 14.2. The van der Waals surface area contributed by atoms with Crippen LogP contribution in [0.4, 0.5) is 5.69 Å². The summed E-state index contributed by atoms with van der Waals surface area (Å²) in [5, 5.41) is 39.9. The summed E-state index contributed by atoms with van der Waals surface area (Å²) >= 11 is 6.03. The summed E-state index contributed by atoms with van der Waals surface area (Å²) in [7, 11) is -4.37. The summed E-state index contributed by atoms with van der Waals surface area (Å²) < 4.78 is 45.9. The number of hydrogen-bond donors (Lipinski definition) is 5. The smallest absolute Gasteiger partial charge is 0.397 e. The fourth-order valence-corrected chi connectivity index (χ4v) is 10.0. The van der Waals surface area contributed by atoms with E-state index in [0.29, 0.717) is 24.4 Å². The van der Waals surface area contributed by atoms with Gasteiger partial charge >= 0.3 is 16.4 Å². The number of likely N-dealkylation sites (N-methyl/N-ethyl adjacent to an activating group) is 1. The highest BCUT2D eigenvalue weighted by Gasteiger charge is 2.81. The molecule has 1 aromatic carbocycles. The molecule has 0 bridgehead atoms. The summed E-state index contributed by atoms with van der Waals surface area (Å²) in [5.41, 5.74) is -5.12. The Bertz CT molecular complexity index is 1870. The normalized spacial score (nSPS) is 33.1. The number of aliphatic hydroxyl groups excluding tert-OH is 2. The number of pyridine rings is 1. The van der Waals surface area contributed by atoms with Gasteiger partial charge in [0.15, 0.2) is 17.5 Å². The number of halogens is 1. The Morgan fingerprint density at radius 1 is 1.20 bits per heavy atom. The molecule has 1 aliphatic heterocycles. The van der Waals surface area contributed by atoms with E-state index in [0.717, 1.165) is 42.5 Å². The molecule has 9 atom stereocenters. The maximum Gasteiger partial charge on any atom is 0.397 e. The number of carbonyl (C=O) groups is 2. The minimum absolute atomic E-state index is 0.0496. The number of carbonyl (C=O) groups excluding carboxylic acids is 2. The van der Waals surface area contributed by atoms with Crippen molar-refractivity contribution in [2.75, 3.05) is 31.6 Å². The number of ether oxygens (including phenoxy) is 2. The first-order chi connectivity index (χ1) is 25.9. The zero-order valence-corrected chi connectivity index (χ0v) is 35.3. The minimum Gasteiger partial charge on any atom is -0.457 e. The molecule has 2 heterocycles. The molecule has 5 rings (SSSR count). The summed E-state index contributed by atoms with van der Waals surface area (Å²) in [6.07, 6.45) is 2.37. The number of benzene rings is 1. The lowest BCUT2D eigenvalue weighted by Gasteiger charge is -2.71. The van der Waals surface area contributed by atoms with Gasteiger partial charge in [0.05, 0.1) is 29.9 Å². The van der Waals surface area contributed by atoms with Gasteiger partial charge in [-0.1, -0.05) is 45.4 Å². The zero-order chi connectivity index (χ0) is 42.1. The van der Waals surface area contributed by atoms with E-state index in [1.54, 1.807) is 20.0 Å². The van der Waals surface area contributed by atoms with Crippen molar-refractivity contribution in [1.29, 1.82) is 0 Å². The molecule has 0 radical (unpaired) electrons. The number of nitrogens with zero attached hydrogens (tertiary/aromatic N) is 2. The molecule has 2 aromatic rings. The van der Waals surface area contributed by atoms with Crippen LogP contribution in [0.15, 0.2) is 43.1 Å². The second-order valence-corrected chi connectivity index (χ2v) is 18.3. The van der Waals surface area contributed by atoms with Gasteiger partial charge in [-0.2, -0.15) is 8.42 Å². The Hall–Kier alpha value is -2.73. The minimum atomic E-state index is -4.37. The molecule has 5 N–H and O–H groups in total. The lowest BCUT2D eigenvalue weighted by atomic mass is 9.40. The molecule has 1 unspecified atom stereocenters. The number of hydrogen-bond acceptors (Lipinski definition) is 13. The third kappa shape index (κ3) is 9.11. The first-order valence-electron chi connectivity index (χ1n) is 19.2. The Morgan fingerprint density at radius 3 is 2.48 bits per heavy atom. The third-order valence-electron chi connectivity index (χ3n) is 12.3. The molecule has 1 aromatic heterocycles. The number of ketones is 1. The molecule has 3 aliphatic rings. The van der Waals surface area contributed by atoms with Gasteiger partial charge in [0.25, 0.3) is 0 Å². The van der Waals surface area contributed by atoms with Gasteiger partial charge in [-0.15, -0.1) is 6.58 Å². The van der Waals surface area contributed by atoms with E-state index >= 15 is 0 Å². The molecule has 14 nitrogen and oxygen atoms in total. The van der Waals surface area contributed by atoms with E-state index in [2.05, 4.69) is 32.9 Å². The summed E-state index contributed by atoms with van der Waals surface area (Å²) in [6.45, 7) is 19.8. The standard InChI is InChI=1S/C22H34O7.C18H26ClN3O4S/c1-8-19(5)11-14(25)22(27)20(6)13(24)9-10-18(3,4)16(20)15(26)17(28-12(2)23)21(22,7)29-19;1-3-22(11-12-26-27(23,24)25)10-4-5-14(2)21-17-8-9-20-18-13-15(19)6-7-16(17)18/h8,13,15-17,24,26-27H,1,9-11H2,2-7H3;6-9,13-14H,3-5,10-12H2,1-2H3,(H,20,21)(H,23,24,25)/t13-,15-,16-,17-,19-,20-,21+,22-;/m0./s1. The van der Waals surface area contributed by atoms with Crippen LogP contribution in [0.5, 0.6) is 0 Å². The molecular weight excluding hydrogens is 766 g/mol. The largest absolute Gasteiger partial charge is 0.457 e. The Balaban J connectivity index is 0.000000249. The molecule has 2 aliphatic carbocycles. The van der Waals surface area contributed by atoms with Gasteiger partial charge in [0.2, 0.25) is 0 Å². The molecule has 2 saturated carbocycles. The van der Waals surface area contributed by atoms with Gasteiger partial charge in [-0.05, 0) is 89.2 Å². The van der Waals surface area contributed by atoms with Crippen LogP contribution in [0.25, 0.3) is 10.9 Å². The number of rotatable bonds is 13. The zero-order valence-electron chi connectivity index (χ0n) is 33.7. The molecule has 56 heavy (non-hydrogen) atoms. The van der Waals surface area contributed by atoms with Crippen molar-refractivity contribution in [3.63, 3.8) is 0 Å². The van der Waals surface area contributed by atoms with E-state index in [9.17, 15) is 33.3 Å². The van der Waals surface area contributed by atoms with Gasteiger partial charge in [0, 0.05) is 59.6 Å². The summed E-state index contributed by atoms with van der Waals surface area (Å²) in [6, 6.07) is 7.89. The van der Waals surface area contributed by atoms with Crippen molar-refractivity contribution < 1.29 is 51.5 Å². The monoisotopic (exact) mass is 825 g/mol. The number of fused-ring (bicyclic) bond motifs is 4. The van der Waals surface area contributed by atoms with E-state index in [1.165, 1.54) is 19.9 Å². The average molecular weight is 826 g/mol. The number of esters is 1. The molecule has 0 amide bonds. The molecule has 3 fully saturated rings. The van der Waals surface area contributed by atoms with Crippen LogP contribution in [-0.2, 0) is 33.6 Å². The van der Waals surface area contributed by atoms with Gasteiger partial charge in [-0.25, -0.2) is 4.18 Å². The number of Topliss-reactive ketones (excluding diaryl/α,β-unsaturated/α-hetero) is 1. The summed E-state index contributed by atoms with van der Waals surface area (Å²) in [5.74, 6) is -1.87. The van der Waals surface area contributed by atoms with Crippen molar-refractivity contribution in [3.8, 4) is 0 Å². The van der Waals surface area contributed by atoms with Crippen LogP contribution in [0, 0.1) is 16.7 Å². The highest BCUT2D eigenvalue weighted by molar-refractivity contribution is 7.80. The van der Waals surface area contributed by atoms with Crippen LogP contribution in [-0.4, -0.2) is 117 Å². The van der Waals surface area contributed by atoms with E-state index in [-0.39, 0.29) is 19.1 Å². The van der Waals surface area contributed by atoms with E-state index in [4.69, 9.17) is 25.6 Å². The first kappa shape index (κ1) is 46.0. The predicted octanol–water partition coefficient (Wildman–Crippen LogP) is 5.13. The number of nitrogens with one attached hydrogen (secondary N) is 1. The fraction of sp³-hybridized carbons (Fsp3) is 0.675. The lowest BCUT2D eigenvalue weighted by molar-refractivity contribution is -0.370. The molecular formula is C40H60ClN3O11S. The van der Waals surface area contributed by atoms with Gasteiger partial charge < -0.3 is 35.0 Å². The average Bonchev–Trinajstić information content (AvgIpc) is 3.09. The second-order valence-electron chi connectivity index (χ2n) is 16.8. The van der Waals surface area contributed by atoms with Crippen molar-refractivity contribution in [2.45, 2.75) is 129 Å². The highest BCUT2D eigenvalue weighted by Crippen LogP contribution is 2.67. The Labute approximate surface area is 335 Å². The molecule has 314 valence electrons. The van der Waals surface area contributed by atoms with Crippen molar-refractivity contribution >= 4 is 50.3 Å². The predicted molar refractivity (Wildman–Crippen MR) is 214 cm³/mol. The molecule has 1 saturated heterocycles. The SMILES string of the molecule is C=C[C@@]1(C)CC(=O)[C@]2(O)[C@@]3(C)[C@@H](O)CCC(C)(C)[C@@H]3[C@H](O)[C@H](OC(C)=O)[C@@]2(C)O1.CCN(CCCC(C)Nc1ccnc2cc(Cl)ccc12)CCOS(=O)(=O)O. The van der Waals surface area contributed by atoms with Crippen LogP contribution in [0.2, 0.25) is 5.02 Å². The maximum atomic E-state index is 13.6. The van der Waals surface area contributed by atoms with Crippen molar-refractivity contribution in [2.24, 2.45) is 16.7 Å². The quantitative estimate of drug-likeness (QED) is 0.101.